The number of nitrogens with two attached hydrogens (primary N) is 1. The Morgan fingerprint density at radius 1 is 1.37 bits per heavy atom. The third-order valence-corrected chi connectivity index (χ3v) is 2.99. The number of aromatic nitrogens is 1. The summed E-state index contributed by atoms with van der Waals surface area (Å²) in [5, 5.41) is 4.00. The van der Waals surface area contributed by atoms with Crippen LogP contribution < -0.4 is 11.1 Å². The topological polar surface area (TPSA) is 60.0 Å². The normalized spacial score (nSPS) is 11.2. The predicted molar refractivity (Wildman–Crippen MR) is 79.1 cm³/mol. The van der Waals surface area contributed by atoms with Crippen LogP contribution in [0.5, 0.6) is 0 Å². The number of benzene rings is 1. The zero-order valence-electron chi connectivity index (χ0n) is 11.5. The van der Waals surface area contributed by atoms with Crippen LogP contribution in [0.25, 0.3) is 10.9 Å². The lowest BCUT2D eigenvalue weighted by molar-refractivity contribution is -0.116. The van der Waals surface area contributed by atoms with Crippen LogP contribution in [0.1, 0.15) is 20.3 Å². The first-order chi connectivity index (χ1) is 9.10. The van der Waals surface area contributed by atoms with Crippen molar-refractivity contribution in [3.8, 4) is 0 Å². The van der Waals surface area contributed by atoms with Crippen LogP contribution in [-0.2, 0) is 11.3 Å². The minimum Gasteiger partial charge on any atom is -0.347 e. The van der Waals surface area contributed by atoms with Crippen molar-refractivity contribution in [2.24, 2.45) is 11.7 Å². The first-order valence-electron chi connectivity index (χ1n) is 6.69. The van der Waals surface area contributed by atoms with Crippen molar-refractivity contribution < 1.29 is 4.79 Å². The van der Waals surface area contributed by atoms with E-state index in [1.807, 2.05) is 12.1 Å². The molecular formula is C15H21N3O. The number of rotatable bonds is 5. The number of nitrogens with zero attached hydrogens (tertiary/aromatic N) is 1. The summed E-state index contributed by atoms with van der Waals surface area (Å²) in [5.74, 6) is 0.572. The van der Waals surface area contributed by atoms with Crippen LogP contribution in [0.15, 0.2) is 30.5 Å². The van der Waals surface area contributed by atoms with Gasteiger partial charge in [0.2, 0.25) is 5.91 Å². The second kappa shape index (κ2) is 5.89. The molecule has 0 saturated heterocycles. The highest BCUT2D eigenvalue weighted by Crippen LogP contribution is 2.21. The molecule has 2 rings (SSSR count). The molecular weight excluding hydrogens is 238 g/mol. The summed E-state index contributed by atoms with van der Waals surface area (Å²) in [5.41, 5.74) is 7.39. The Balaban J connectivity index is 2.20. The zero-order valence-corrected chi connectivity index (χ0v) is 11.5. The molecule has 1 aromatic carbocycles. The third kappa shape index (κ3) is 3.35. The molecule has 0 unspecified atom stereocenters. The molecule has 102 valence electrons. The number of anilines is 1. The third-order valence-electron chi connectivity index (χ3n) is 2.99. The fraction of sp³-hybridized carbons (Fsp3) is 0.400. The average Bonchev–Trinajstić information content (AvgIpc) is 2.71. The molecule has 0 spiro atoms. The van der Waals surface area contributed by atoms with Crippen molar-refractivity contribution in [1.29, 1.82) is 0 Å². The van der Waals surface area contributed by atoms with Gasteiger partial charge in [0.05, 0.1) is 0 Å². The Bertz CT molecular complexity index is 572. The van der Waals surface area contributed by atoms with Gasteiger partial charge in [-0.2, -0.15) is 0 Å². The monoisotopic (exact) mass is 259 g/mol. The predicted octanol–water partition coefficient (Wildman–Crippen LogP) is 2.58. The van der Waals surface area contributed by atoms with Crippen LogP contribution in [0, 0.1) is 5.92 Å². The van der Waals surface area contributed by atoms with E-state index in [4.69, 9.17) is 5.73 Å². The van der Waals surface area contributed by atoms with Gasteiger partial charge in [0.15, 0.2) is 0 Å². The average molecular weight is 259 g/mol. The highest BCUT2D eigenvalue weighted by atomic mass is 16.1. The van der Waals surface area contributed by atoms with Crippen molar-refractivity contribution in [3.05, 3.63) is 30.5 Å². The molecule has 19 heavy (non-hydrogen) atoms. The van der Waals surface area contributed by atoms with E-state index in [9.17, 15) is 4.79 Å². The molecule has 2 aromatic rings. The minimum atomic E-state index is -0.0385. The molecule has 1 aromatic heterocycles. The van der Waals surface area contributed by atoms with Crippen molar-refractivity contribution in [1.82, 2.24) is 4.57 Å². The SMILES string of the molecule is CC(C)Cn1ccc2cc(NC(=O)CCN)ccc21. The fourth-order valence-corrected chi connectivity index (χ4v) is 2.19. The molecule has 4 nitrogen and oxygen atoms in total. The van der Waals surface area contributed by atoms with Crippen LogP contribution in [0.2, 0.25) is 0 Å². The lowest BCUT2D eigenvalue weighted by atomic mass is 10.2. The second-order valence-electron chi connectivity index (χ2n) is 5.22. The van der Waals surface area contributed by atoms with E-state index >= 15 is 0 Å². The lowest BCUT2D eigenvalue weighted by Crippen LogP contribution is -2.16. The molecule has 3 N–H and O–H groups in total. The van der Waals surface area contributed by atoms with E-state index in [0.717, 1.165) is 17.6 Å². The van der Waals surface area contributed by atoms with Gasteiger partial charge in [0.1, 0.15) is 0 Å². The van der Waals surface area contributed by atoms with Gasteiger partial charge in [-0.25, -0.2) is 0 Å². The maximum Gasteiger partial charge on any atom is 0.225 e. The molecule has 0 aliphatic rings. The standard InChI is InChI=1S/C15H21N3O/c1-11(2)10-18-8-6-12-9-13(3-4-14(12)18)17-15(19)5-7-16/h3-4,6,8-9,11H,5,7,10,16H2,1-2H3,(H,17,19). The molecule has 0 fully saturated rings. The summed E-state index contributed by atoms with van der Waals surface area (Å²) in [4.78, 5) is 11.5. The molecule has 0 atom stereocenters. The molecule has 1 heterocycles. The highest BCUT2D eigenvalue weighted by Gasteiger charge is 2.05. The number of carbonyl (C=O) groups excluding carboxylic acids is 1. The van der Waals surface area contributed by atoms with Gasteiger partial charge in [0.25, 0.3) is 0 Å². The number of fused-ring (bicyclic) bond motifs is 1. The number of hydrogen-bond donors (Lipinski definition) is 2. The molecule has 0 saturated carbocycles. The quantitative estimate of drug-likeness (QED) is 0.867. The maximum absolute atomic E-state index is 11.5. The van der Waals surface area contributed by atoms with Crippen LogP contribution >= 0.6 is 0 Å². The summed E-state index contributed by atoms with van der Waals surface area (Å²) in [6.07, 6.45) is 2.45. The Labute approximate surface area is 113 Å². The van der Waals surface area contributed by atoms with Crippen LogP contribution in [0.3, 0.4) is 0 Å². The second-order valence-corrected chi connectivity index (χ2v) is 5.22. The van der Waals surface area contributed by atoms with Crippen molar-refractivity contribution in [2.75, 3.05) is 11.9 Å². The Kier molecular flexibility index (Phi) is 4.22. The summed E-state index contributed by atoms with van der Waals surface area (Å²) < 4.78 is 2.24. The van der Waals surface area contributed by atoms with E-state index in [1.165, 1.54) is 5.52 Å². The summed E-state index contributed by atoms with van der Waals surface area (Å²) in [7, 11) is 0. The van der Waals surface area contributed by atoms with Gasteiger partial charge in [-0.15, -0.1) is 0 Å². The van der Waals surface area contributed by atoms with Gasteiger partial charge < -0.3 is 15.6 Å². The van der Waals surface area contributed by atoms with Crippen LogP contribution in [0.4, 0.5) is 5.69 Å². The summed E-state index contributed by atoms with van der Waals surface area (Å²) >= 11 is 0. The molecule has 0 bridgehead atoms. The van der Waals surface area contributed by atoms with E-state index in [1.54, 1.807) is 0 Å². The number of nitrogens with one attached hydrogen (secondary N) is 1. The maximum atomic E-state index is 11.5. The Morgan fingerprint density at radius 3 is 2.84 bits per heavy atom. The van der Waals surface area contributed by atoms with Crippen molar-refractivity contribution in [2.45, 2.75) is 26.8 Å². The van der Waals surface area contributed by atoms with Gasteiger partial charge in [-0.05, 0) is 30.2 Å². The van der Waals surface area contributed by atoms with Crippen molar-refractivity contribution >= 4 is 22.5 Å². The van der Waals surface area contributed by atoms with Crippen molar-refractivity contribution in [3.63, 3.8) is 0 Å². The van der Waals surface area contributed by atoms with Gasteiger partial charge in [0, 0.05) is 42.3 Å². The highest BCUT2D eigenvalue weighted by molar-refractivity contribution is 5.94. The molecule has 0 radical (unpaired) electrons. The Morgan fingerprint density at radius 2 is 2.16 bits per heavy atom. The van der Waals surface area contributed by atoms with E-state index in [0.29, 0.717) is 18.9 Å². The number of amides is 1. The molecule has 0 aliphatic carbocycles. The number of hydrogen-bond acceptors (Lipinski definition) is 2. The number of carbonyl (C=O) groups is 1. The molecule has 4 heteroatoms. The van der Waals surface area contributed by atoms with Gasteiger partial charge in [-0.3, -0.25) is 4.79 Å². The first kappa shape index (κ1) is 13.6. The fourth-order valence-electron chi connectivity index (χ4n) is 2.19. The molecule has 0 aliphatic heterocycles. The Hall–Kier alpha value is -1.81. The molecule has 1 amide bonds. The lowest BCUT2D eigenvalue weighted by Gasteiger charge is -2.09. The minimum absolute atomic E-state index is 0.0385. The van der Waals surface area contributed by atoms with Gasteiger partial charge in [-0.1, -0.05) is 13.8 Å². The summed E-state index contributed by atoms with van der Waals surface area (Å²) in [6.45, 7) is 5.78. The zero-order chi connectivity index (χ0) is 13.8. The first-order valence-corrected chi connectivity index (χ1v) is 6.69. The van der Waals surface area contributed by atoms with E-state index in [-0.39, 0.29) is 5.91 Å². The summed E-state index contributed by atoms with van der Waals surface area (Å²) in [6, 6.07) is 8.07. The largest absolute Gasteiger partial charge is 0.347 e. The van der Waals surface area contributed by atoms with E-state index in [2.05, 4.69) is 42.1 Å². The van der Waals surface area contributed by atoms with E-state index < -0.39 is 0 Å². The van der Waals surface area contributed by atoms with Gasteiger partial charge >= 0.3 is 0 Å². The van der Waals surface area contributed by atoms with Crippen LogP contribution in [-0.4, -0.2) is 17.0 Å². The smallest absolute Gasteiger partial charge is 0.225 e.